The lowest BCUT2D eigenvalue weighted by Crippen LogP contribution is -2.45. The van der Waals surface area contributed by atoms with Crippen LogP contribution in [-0.2, 0) is 4.79 Å². The minimum Gasteiger partial charge on any atom is -0.497 e. The lowest BCUT2D eigenvalue weighted by molar-refractivity contribution is -0.134. The summed E-state index contributed by atoms with van der Waals surface area (Å²) in [4.78, 5) is 19.3. The first-order valence-corrected chi connectivity index (χ1v) is 10.8. The third-order valence-corrected chi connectivity index (χ3v) is 5.58. The number of halogens is 1. The average molecular weight is 530 g/mol. The fourth-order valence-electron chi connectivity index (χ4n) is 4.02. The normalized spacial score (nSPS) is 19.3. The van der Waals surface area contributed by atoms with Gasteiger partial charge in [-0.15, -0.1) is 24.0 Å². The van der Waals surface area contributed by atoms with E-state index in [1.807, 2.05) is 29.2 Å². The second-order valence-electron chi connectivity index (χ2n) is 7.68. The molecule has 1 saturated heterocycles. The molecule has 30 heavy (non-hydrogen) atoms. The zero-order valence-corrected chi connectivity index (χ0v) is 20.4. The molecule has 1 aliphatic heterocycles. The molecule has 8 heteroatoms. The van der Waals surface area contributed by atoms with Crippen molar-refractivity contribution in [1.29, 1.82) is 0 Å². The molecule has 3 rings (SSSR count). The minimum absolute atomic E-state index is 0. The van der Waals surface area contributed by atoms with Gasteiger partial charge in [0.1, 0.15) is 18.1 Å². The van der Waals surface area contributed by atoms with E-state index >= 15 is 0 Å². The summed E-state index contributed by atoms with van der Waals surface area (Å²) in [5.74, 6) is 3.00. The number of aliphatic imine (C=N–C) groups is 1. The fraction of sp³-hybridized carbons (Fsp3) is 0.636. The maximum atomic E-state index is 12.6. The van der Waals surface area contributed by atoms with Gasteiger partial charge < -0.3 is 25.0 Å². The molecule has 1 unspecified atom stereocenters. The third-order valence-electron chi connectivity index (χ3n) is 5.58. The van der Waals surface area contributed by atoms with Crippen molar-refractivity contribution >= 4 is 35.8 Å². The Labute approximate surface area is 197 Å². The molecule has 1 atom stereocenters. The number of carbonyl (C=O) groups is 1. The molecular formula is C22H35IN4O3. The van der Waals surface area contributed by atoms with Gasteiger partial charge in [0.25, 0.3) is 0 Å². The van der Waals surface area contributed by atoms with Crippen LogP contribution in [0.3, 0.4) is 0 Å². The van der Waals surface area contributed by atoms with E-state index in [9.17, 15) is 4.79 Å². The molecule has 2 aliphatic rings. The molecule has 0 bridgehead atoms. The average Bonchev–Trinajstić information content (AvgIpc) is 3.43. The number of hydrogen-bond donors (Lipinski definition) is 2. The van der Waals surface area contributed by atoms with Crippen LogP contribution in [0, 0.1) is 5.92 Å². The summed E-state index contributed by atoms with van der Waals surface area (Å²) >= 11 is 0. The second-order valence-corrected chi connectivity index (χ2v) is 7.68. The SMILES string of the molecule is CCNC(=NCCOc1ccc(OC)cc1)NC1CCN(C(=O)C2CCCC2)C1.I. The lowest BCUT2D eigenvalue weighted by atomic mass is 10.1. The second kappa shape index (κ2) is 12.9. The van der Waals surface area contributed by atoms with Gasteiger partial charge in [-0.25, -0.2) is 4.99 Å². The van der Waals surface area contributed by atoms with Crippen molar-refractivity contribution < 1.29 is 14.3 Å². The van der Waals surface area contributed by atoms with Crippen LogP contribution in [0.4, 0.5) is 0 Å². The molecule has 7 nitrogen and oxygen atoms in total. The van der Waals surface area contributed by atoms with Crippen molar-refractivity contribution in [3.8, 4) is 11.5 Å². The number of nitrogens with zero attached hydrogens (tertiary/aromatic N) is 2. The van der Waals surface area contributed by atoms with Crippen molar-refractivity contribution in [2.75, 3.05) is 39.9 Å². The van der Waals surface area contributed by atoms with Crippen LogP contribution in [0.1, 0.15) is 39.0 Å². The Kier molecular flexibility index (Phi) is 10.5. The van der Waals surface area contributed by atoms with Crippen LogP contribution in [0.5, 0.6) is 11.5 Å². The Morgan fingerprint density at radius 3 is 2.53 bits per heavy atom. The van der Waals surface area contributed by atoms with Crippen molar-refractivity contribution in [3.63, 3.8) is 0 Å². The summed E-state index contributed by atoms with van der Waals surface area (Å²) in [6.07, 6.45) is 5.48. The third kappa shape index (κ3) is 7.21. The molecule has 0 radical (unpaired) electrons. The minimum atomic E-state index is 0. The molecular weight excluding hydrogens is 495 g/mol. The summed E-state index contributed by atoms with van der Waals surface area (Å²) in [6.45, 7) is 5.51. The van der Waals surface area contributed by atoms with E-state index in [2.05, 4.69) is 22.5 Å². The molecule has 1 heterocycles. The highest BCUT2D eigenvalue weighted by atomic mass is 127. The molecule has 168 valence electrons. The molecule has 1 aromatic carbocycles. The van der Waals surface area contributed by atoms with E-state index in [1.54, 1.807) is 7.11 Å². The molecule has 1 saturated carbocycles. The van der Waals surface area contributed by atoms with Gasteiger partial charge in [-0.1, -0.05) is 12.8 Å². The van der Waals surface area contributed by atoms with E-state index in [-0.39, 0.29) is 35.9 Å². The fourth-order valence-corrected chi connectivity index (χ4v) is 4.02. The number of carbonyl (C=O) groups excluding carboxylic acids is 1. The van der Waals surface area contributed by atoms with E-state index < -0.39 is 0 Å². The maximum absolute atomic E-state index is 12.6. The summed E-state index contributed by atoms with van der Waals surface area (Å²) in [6, 6.07) is 7.79. The van der Waals surface area contributed by atoms with Crippen LogP contribution in [0.2, 0.25) is 0 Å². The van der Waals surface area contributed by atoms with Gasteiger partial charge in [0, 0.05) is 31.6 Å². The van der Waals surface area contributed by atoms with Crippen molar-refractivity contribution in [2.24, 2.45) is 10.9 Å². The van der Waals surface area contributed by atoms with Crippen LogP contribution in [0.15, 0.2) is 29.3 Å². The Bertz CT molecular complexity index is 677. The maximum Gasteiger partial charge on any atom is 0.225 e. The first kappa shape index (κ1) is 24.6. The van der Waals surface area contributed by atoms with E-state index in [0.717, 1.165) is 56.4 Å². The van der Waals surface area contributed by atoms with Crippen molar-refractivity contribution in [2.45, 2.75) is 45.1 Å². The molecule has 0 aromatic heterocycles. The Morgan fingerprint density at radius 2 is 1.87 bits per heavy atom. The molecule has 1 amide bonds. The molecule has 2 fully saturated rings. The Balaban J connectivity index is 0.00000320. The smallest absolute Gasteiger partial charge is 0.225 e. The van der Waals surface area contributed by atoms with Crippen LogP contribution in [-0.4, -0.2) is 62.7 Å². The summed E-state index contributed by atoms with van der Waals surface area (Å²) in [7, 11) is 1.65. The highest BCUT2D eigenvalue weighted by Gasteiger charge is 2.32. The predicted molar refractivity (Wildman–Crippen MR) is 130 cm³/mol. The van der Waals surface area contributed by atoms with Crippen LogP contribution in [0.25, 0.3) is 0 Å². The molecule has 0 spiro atoms. The van der Waals surface area contributed by atoms with Crippen LogP contribution >= 0.6 is 24.0 Å². The predicted octanol–water partition coefficient (Wildman–Crippen LogP) is 3.04. The largest absolute Gasteiger partial charge is 0.497 e. The van der Waals surface area contributed by atoms with E-state index in [0.29, 0.717) is 19.1 Å². The van der Waals surface area contributed by atoms with Gasteiger partial charge in [-0.3, -0.25) is 4.79 Å². The highest BCUT2D eigenvalue weighted by Crippen LogP contribution is 2.27. The first-order chi connectivity index (χ1) is 14.2. The van der Waals surface area contributed by atoms with Gasteiger partial charge in [-0.2, -0.15) is 0 Å². The number of hydrogen-bond acceptors (Lipinski definition) is 4. The quantitative estimate of drug-likeness (QED) is 0.234. The van der Waals surface area contributed by atoms with E-state index in [1.165, 1.54) is 12.8 Å². The zero-order chi connectivity index (χ0) is 20.5. The van der Waals surface area contributed by atoms with Gasteiger partial charge >= 0.3 is 0 Å². The number of benzene rings is 1. The number of guanidine groups is 1. The lowest BCUT2D eigenvalue weighted by Gasteiger charge is -2.21. The highest BCUT2D eigenvalue weighted by molar-refractivity contribution is 14.0. The van der Waals surface area contributed by atoms with Gasteiger partial charge in [0.05, 0.1) is 13.7 Å². The Morgan fingerprint density at radius 1 is 1.17 bits per heavy atom. The van der Waals surface area contributed by atoms with Crippen molar-refractivity contribution in [3.05, 3.63) is 24.3 Å². The van der Waals surface area contributed by atoms with Gasteiger partial charge in [0.2, 0.25) is 5.91 Å². The van der Waals surface area contributed by atoms with Crippen LogP contribution < -0.4 is 20.1 Å². The zero-order valence-electron chi connectivity index (χ0n) is 18.1. The van der Waals surface area contributed by atoms with E-state index in [4.69, 9.17) is 9.47 Å². The summed E-state index contributed by atoms with van der Waals surface area (Å²) in [5, 5.41) is 6.76. The molecule has 1 aliphatic carbocycles. The monoisotopic (exact) mass is 530 g/mol. The summed E-state index contributed by atoms with van der Waals surface area (Å²) in [5.41, 5.74) is 0. The van der Waals surface area contributed by atoms with Gasteiger partial charge in [-0.05, 0) is 50.5 Å². The van der Waals surface area contributed by atoms with Gasteiger partial charge in [0.15, 0.2) is 5.96 Å². The summed E-state index contributed by atoms with van der Waals surface area (Å²) < 4.78 is 10.9. The molecule has 2 N–H and O–H groups in total. The number of nitrogens with one attached hydrogen (secondary N) is 2. The van der Waals surface area contributed by atoms with Crippen molar-refractivity contribution in [1.82, 2.24) is 15.5 Å². The standard InChI is InChI=1S/C22H34N4O3.HI/c1-3-23-22(24-13-15-29-20-10-8-19(28-2)9-11-20)25-18-12-14-26(16-18)21(27)17-6-4-5-7-17;/h8-11,17-18H,3-7,12-16H2,1-2H3,(H2,23,24,25);1H. The Hall–Kier alpha value is -1.71. The number of rotatable bonds is 8. The topological polar surface area (TPSA) is 75.2 Å². The number of amides is 1. The number of ether oxygens (including phenoxy) is 2. The first-order valence-electron chi connectivity index (χ1n) is 10.8. The number of methoxy groups -OCH3 is 1. The molecule has 1 aromatic rings. The number of likely N-dealkylation sites (tertiary alicyclic amines) is 1.